The first-order valence-corrected chi connectivity index (χ1v) is 7.37. The summed E-state index contributed by atoms with van der Waals surface area (Å²) in [5.41, 5.74) is 1.15. The number of halogens is 2. The minimum atomic E-state index is -0.475. The number of methoxy groups -OCH3 is 1. The molecule has 0 saturated carbocycles. The van der Waals surface area contributed by atoms with E-state index in [1.54, 1.807) is 31.2 Å². The highest BCUT2D eigenvalue weighted by Crippen LogP contribution is 2.21. The van der Waals surface area contributed by atoms with Crippen LogP contribution in [0.5, 0.6) is 5.75 Å². The first-order chi connectivity index (χ1) is 11.0. The molecule has 2 rings (SSSR count). The zero-order valence-electron chi connectivity index (χ0n) is 13.1. The van der Waals surface area contributed by atoms with Crippen molar-refractivity contribution in [3.05, 3.63) is 65.2 Å². The van der Waals surface area contributed by atoms with E-state index in [0.717, 1.165) is 0 Å². The second kappa shape index (κ2) is 7.72. The third-order valence-corrected chi connectivity index (χ3v) is 3.63. The molecular formula is C18H19F2NO2. The Labute approximate surface area is 134 Å². The van der Waals surface area contributed by atoms with Gasteiger partial charge in [-0.15, -0.1) is 0 Å². The van der Waals surface area contributed by atoms with Crippen molar-refractivity contribution in [1.82, 2.24) is 5.32 Å². The highest BCUT2D eigenvalue weighted by molar-refractivity contribution is 5.76. The molecule has 122 valence electrons. The van der Waals surface area contributed by atoms with Crippen molar-refractivity contribution < 1.29 is 18.3 Å². The van der Waals surface area contributed by atoms with E-state index in [0.29, 0.717) is 17.5 Å². The zero-order valence-corrected chi connectivity index (χ0v) is 13.1. The maximum absolute atomic E-state index is 13.7. The number of hydrogen-bond acceptors (Lipinski definition) is 2. The predicted octanol–water partition coefficient (Wildman–Crippen LogP) is 3.78. The molecule has 2 aromatic carbocycles. The van der Waals surface area contributed by atoms with Crippen LogP contribution in [0.25, 0.3) is 0 Å². The first kappa shape index (κ1) is 16.9. The smallest absolute Gasteiger partial charge is 0.220 e. The van der Waals surface area contributed by atoms with Gasteiger partial charge in [0.25, 0.3) is 0 Å². The highest BCUT2D eigenvalue weighted by atomic mass is 19.1. The lowest BCUT2D eigenvalue weighted by atomic mass is 10.1. The molecule has 23 heavy (non-hydrogen) atoms. The van der Waals surface area contributed by atoms with Crippen LogP contribution in [0.2, 0.25) is 0 Å². The van der Waals surface area contributed by atoms with Crippen molar-refractivity contribution in [2.24, 2.45) is 0 Å². The molecule has 1 atom stereocenters. The largest absolute Gasteiger partial charge is 0.494 e. The van der Waals surface area contributed by atoms with E-state index in [1.165, 1.54) is 25.3 Å². The molecule has 0 spiro atoms. The maximum Gasteiger partial charge on any atom is 0.220 e. The van der Waals surface area contributed by atoms with E-state index >= 15 is 0 Å². The number of carbonyl (C=O) groups excluding carboxylic acids is 1. The van der Waals surface area contributed by atoms with Crippen LogP contribution in [0.3, 0.4) is 0 Å². The molecule has 3 nitrogen and oxygen atoms in total. The fourth-order valence-corrected chi connectivity index (χ4v) is 2.30. The lowest BCUT2D eigenvalue weighted by molar-refractivity contribution is -0.121. The number of hydrogen-bond donors (Lipinski definition) is 1. The third kappa shape index (κ3) is 4.52. The molecule has 0 aliphatic heterocycles. The second-order valence-corrected chi connectivity index (χ2v) is 5.27. The Morgan fingerprint density at radius 1 is 1.17 bits per heavy atom. The maximum atomic E-state index is 13.7. The van der Waals surface area contributed by atoms with Gasteiger partial charge in [-0.25, -0.2) is 8.78 Å². The number of ether oxygens (including phenoxy) is 1. The average molecular weight is 319 g/mol. The molecule has 2 aromatic rings. The number of nitrogens with one attached hydrogen (secondary N) is 1. The van der Waals surface area contributed by atoms with E-state index in [-0.39, 0.29) is 29.9 Å². The summed E-state index contributed by atoms with van der Waals surface area (Å²) in [4.78, 5) is 12.0. The molecule has 0 aliphatic carbocycles. The SMILES string of the molecule is COc1ccc(C(C)NC(=O)CCc2ccccc2F)cc1F. The van der Waals surface area contributed by atoms with Gasteiger partial charge in [-0.3, -0.25) is 4.79 Å². The molecule has 0 aromatic heterocycles. The summed E-state index contributed by atoms with van der Waals surface area (Å²) >= 11 is 0. The van der Waals surface area contributed by atoms with Gasteiger partial charge in [0.15, 0.2) is 11.6 Å². The Balaban J connectivity index is 1.92. The predicted molar refractivity (Wildman–Crippen MR) is 84.2 cm³/mol. The van der Waals surface area contributed by atoms with Gasteiger partial charge in [0, 0.05) is 6.42 Å². The normalized spacial score (nSPS) is 11.8. The Hall–Kier alpha value is -2.43. The minimum absolute atomic E-state index is 0.159. The molecule has 0 saturated heterocycles. The average Bonchev–Trinajstić information content (AvgIpc) is 2.54. The lowest BCUT2D eigenvalue weighted by Crippen LogP contribution is -2.27. The van der Waals surface area contributed by atoms with E-state index in [1.807, 2.05) is 0 Å². The molecule has 0 aliphatic rings. The number of rotatable bonds is 6. The number of benzene rings is 2. The van der Waals surface area contributed by atoms with E-state index in [2.05, 4.69) is 5.32 Å². The zero-order chi connectivity index (χ0) is 16.8. The van der Waals surface area contributed by atoms with Crippen molar-refractivity contribution in [3.63, 3.8) is 0 Å². The minimum Gasteiger partial charge on any atom is -0.494 e. The fraction of sp³-hybridized carbons (Fsp3) is 0.278. The standard InChI is InChI=1S/C18H19F2NO2/c1-12(14-7-9-17(23-2)16(20)11-14)21-18(22)10-8-13-5-3-4-6-15(13)19/h3-7,9,11-12H,8,10H2,1-2H3,(H,21,22). The van der Waals surface area contributed by atoms with Gasteiger partial charge >= 0.3 is 0 Å². The van der Waals surface area contributed by atoms with Crippen LogP contribution in [0, 0.1) is 11.6 Å². The highest BCUT2D eigenvalue weighted by Gasteiger charge is 2.13. The molecule has 0 heterocycles. The van der Waals surface area contributed by atoms with Gasteiger partial charge in [-0.2, -0.15) is 0 Å². The molecule has 0 bridgehead atoms. The summed E-state index contributed by atoms with van der Waals surface area (Å²) in [6.07, 6.45) is 0.492. The summed E-state index contributed by atoms with van der Waals surface area (Å²) in [5, 5.41) is 2.78. The van der Waals surface area contributed by atoms with Crippen LogP contribution in [0.4, 0.5) is 8.78 Å². The van der Waals surface area contributed by atoms with E-state index in [9.17, 15) is 13.6 Å². The number of amides is 1. The van der Waals surface area contributed by atoms with Crippen molar-refractivity contribution in [3.8, 4) is 5.75 Å². The third-order valence-electron chi connectivity index (χ3n) is 3.63. The van der Waals surface area contributed by atoms with Gasteiger partial charge < -0.3 is 10.1 Å². The molecule has 1 unspecified atom stereocenters. The van der Waals surface area contributed by atoms with Crippen LogP contribution in [-0.4, -0.2) is 13.0 Å². The Morgan fingerprint density at radius 2 is 1.91 bits per heavy atom. The van der Waals surface area contributed by atoms with Gasteiger partial charge in [0.1, 0.15) is 5.82 Å². The van der Waals surface area contributed by atoms with Crippen LogP contribution < -0.4 is 10.1 Å². The van der Waals surface area contributed by atoms with Gasteiger partial charge in [-0.1, -0.05) is 24.3 Å². The lowest BCUT2D eigenvalue weighted by Gasteiger charge is -2.15. The summed E-state index contributed by atoms with van der Waals surface area (Å²) in [5.74, 6) is -0.841. The monoisotopic (exact) mass is 319 g/mol. The topological polar surface area (TPSA) is 38.3 Å². The van der Waals surface area contributed by atoms with Crippen LogP contribution >= 0.6 is 0 Å². The van der Waals surface area contributed by atoms with Crippen molar-refractivity contribution in [1.29, 1.82) is 0 Å². The summed E-state index contributed by atoms with van der Waals surface area (Å²) in [7, 11) is 1.39. The molecule has 1 amide bonds. The summed E-state index contributed by atoms with van der Waals surface area (Å²) in [6, 6.07) is 10.6. The number of aryl methyl sites for hydroxylation is 1. The Kier molecular flexibility index (Phi) is 5.68. The van der Waals surface area contributed by atoms with Gasteiger partial charge in [-0.05, 0) is 42.7 Å². The van der Waals surface area contributed by atoms with Gasteiger partial charge in [0.2, 0.25) is 5.91 Å². The summed E-state index contributed by atoms with van der Waals surface area (Å²) in [6.45, 7) is 1.77. The van der Waals surface area contributed by atoms with Crippen LogP contribution in [-0.2, 0) is 11.2 Å². The van der Waals surface area contributed by atoms with Crippen molar-refractivity contribution in [2.45, 2.75) is 25.8 Å². The second-order valence-electron chi connectivity index (χ2n) is 5.27. The molecule has 1 N–H and O–H groups in total. The van der Waals surface area contributed by atoms with Crippen LogP contribution in [0.1, 0.15) is 30.5 Å². The molecule has 0 radical (unpaired) electrons. The first-order valence-electron chi connectivity index (χ1n) is 7.37. The molecular weight excluding hydrogens is 300 g/mol. The van der Waals surface area contributed by atoms with E-state index in [4.69, 9.17) is 4.74 Å². The van der Waals surface area contributed by atoms with Crippen molar-refractivity contribution >= 4 is 5.91 Å². The van der Waals surface area contributed by atoms with Gasteiger partial charge in [0.05, 0.1) is 13.2 Å². The number of carbonyl (C=O) groups is 1. The quantitative estimate of drug-likeness (QED) is 0.880. The fourth-order valence-electron chi connectivity index (χ4n) is 2.30. The molecule has 5 heteroatoms. The Bertz CT molecular complexity index is 688. The summed E-state index contributed by atoms with van der Waals surface area (Å²) < 4.78 is 32.0. The van der Waals surface area contributed by atoms with Crippen LogP contribution in [0.15, 0.2) is 42.5 Å². The van der Waals surface area contributed by atoms with Crippen molar-refractivity contribution in [2.75, 3.05) is 7.11 Å². The van der Waals surface area contributed by atoms with E-state index < -0.39 is 5.82 Å². The Morgan fingerprint density at radius 3 is 2.57 bits per heavy atom. The molecule has 0 fully saturated rings.